The van der Waals surface area contributed by atoms with Gasteiger partial charge in [-0.25, -0.2) is 4.98 Å². The molecule has 1 unspecified atom stereocenters. The van der Waals surface area contributed by atoms with E-state index in [4.69, 9.17) is 9.72 Å². The largest absolute Gasteiger partial charge is 0.475 e. The molecule has 1 saturated heterocycles. The van der Waals surface area contributed by atoms with Crippen LogP contribution in [0.2, 0.25) is 0 Å². The number of piperidine rings is 1. The first-order valence-electron chi connectivity index (χ1n) is 12.6. The van der Waals surface area contributed by atoms with Crippen molar-refractivity contribution in [3.63, 3.8) is 0 Å². The van der Waals surface area contributed by atoms with Gasteiger partial charge >= 0.3 is 0 Å². The van der Waals surface area contributed by atoms with Crippen molar-refractivity contribution in [1.82, 2.24) is 19.9 Å². The quantitative estimate of drug-likeness (QED) is 0.531. The second-order valence-electron chi connectivity index (χ2n) is 9.02. The van der Waals surface area contributed by atoms with Crippen molar-refractivity contribution < 1.29 is 9.53 Å². The molecule has 1 amide bonds. The Balaban J connectivity index is 0.00000176. The van der Waals surface area contributed by atoms with Crippen LogP contribution < -0.4 is 25.8 Å². The van der Waals surface area contributed by atoms with Crippen molar-refractivity contribution in [2.24, 2.45) is 13.0 Å². The number of anilines is 3. The van der Waals surface area contributed by atoms with Crippen LogP contribution >= 0.6 is 0 Å². The minimum Gasteiger partial charge on any atom is -0.475 e. The fourth-order valence-electron chi connectivity index (χ4n) is 4.12. The third-order valence-corrected chi connectivity index (χ3v) is 6.40. The number of carbonyl (C=O) groups excluding carboxylic acids is 1. The first-order chi connectivity index (χ1) is 17.3. The van der Waals surface area contributed by atoms with Crippen molar-refractivity contribution in [3.8, 4) is 5.75 Å². The summed E-state index contributed by atoms with van der Waals surface area (Å²) in [6, 6.07) is 7.42. The molecule has 9 nitrogen and oxygen atoms in total. The van der Waals surface area contributed by atoms with Gasteiger partial charge in [-0.05, 0) is 56.9 Å². The number of benzene rings is 1. The third-order valence-electron chi connectivity index (χ3n) is 6.40. The van der Waals surface area contributed by atoms with Gasteiger partial charge in [-0.1, -0.05) is 20.8 Å². The molecule has 0 saturated carbocycles. The lowest BCUT2D eigenvalue weighted by atomic mass is 10.00. The summed E-state index contributed by atoms with van der Waals surface area (Å²) in [7, 11) is 3.22. The summed E-state index contributed by atoms with van der Waals surface area (Å²) in [6.07, 6.45) is 3.36. The highest BCUT2D eigenvalue weighted by Gasteiger charge is 2.19. The summed E-state index contributed by atoms with van der Waals surface area (Å²) in [5.41, 5.74) is 2.24. The lowest BCUT2D eigenvalue weighted by Gasteiger charge is -2.30. The maximum Gasteiger partial charge on any atom is 0.293 e. The average molecular weight is 495 g/mol. The maximum absolute atomic E-state index is 12.7. The molecular weight excluding hydrogens is 456 g/mol. The number of carbonyl (C=O) groups is 1. The molecule has 194 valence electrons. The number of hydrogen-bond donors (Lipinski definition) is 2. The fourth-order valence-corrected chi connectivity index (χ4v) is 4.12. The molecule has 1 atom stereocenters. The van der Waals surface area contributed by atoms with Crippen LogP contribution in [0.15, 0.2) is 35.3 Å². The van der Waals surface area contributed by atoms with Gasteiger partial charge in [0.05, 0.1) is 5.52 Å². The molecule has 0 aliphatic carbocycles. The smallest absolute Gasteiger partial charge is 0.293 e. The summed E-state index contributed by atoms with van der Waals surface area (Å²) < 4.78 is 7.19. The van der Waals surface area contributed by atoms with E-state index in [-0.39, 0.29) is 17.2 Å². The van der Waals surface area contributed by atoms with Crippen molar-refractivity contribution in [2.45, 2.75) is 53.6 Å². The summed E-state index contributed by atoms with van der Waals surface area (Å²) >= 11 is 0. The van der Waals surface area contributed by atoms with Gasteiger partial charge in [0.2, 0.25) is 5.95 Å². The topological polar surface area (TPSA) is 101 Å². The number of ether oxygens (including phenoxy) is 1. The van der Waals surface area contributed by atoms with Gasteiger partial charge in [0.15, 0.2) is 11.9 Å². The highest BCUT2D eigenvalue weighted by molar-refractivity contribution is 5.85. The van der Waals surface area contributed by atoms with Crippen LogP contribution in [0, 0.1) is 12.8 Å². The Kier molecular flexibility index (Phi) is 8.90. The molecule has 3 aromatic rings. The van der Waals surface area contributed by atoms with Crippen LogP contribution in [0.3, 0.4) is 0 Å². The molecule has 0 radical (unpaired) electrons. The zero-order valence-corrected chi connectivity index (χ0v) is 22.4. The zero-order chi connectivity index (χ0) is 26.4. The van der Waals surface area contributed by atoms with Crippen LogP contribution in [0.4, 0.5) is 17.5 Å². The standard InChI is InChI=1S/C25H32N6O3.C2H6/c1-15-8-10-31(11-9-15)25-27-14-16(2)22(29-25)28-19-6-7-20-18(12-19)13-21(24(33)30(20)5)34-17(3)23(32)26-4;1-2/h6-7,12-15,17H,8-11H2,1-5H3,(H,26,32)(H,27,28,29);1-2H3. The van der Waals surface area contributed by atoms with Crippen LogP contribution in [0.1, 0.15) is 46.1 Å². The van der Waals surface area contributed by atoms with Crippen molar-refractivity contribution >= 4 is 34.3 Å². The van der Waals surface area contributed by atoms with Crippen molar-refractivity contribution in [2.75, 3.05) is 30.4 Å². The van der Waals surface area contributed by atoms with Gasteiger partial charge in [0, 0.05) is 50.0 Å². The molecule has 36 heavy (non-hydrogen) atoms. The monoisotopic (exact) mass is 494 g/mol. The summed E-state index contributed by atoms with van der Waals surface area (Å²) in [6.45, 7) is 11.8. The van der Waals surface area contributed by atoms with E-state index in [0.29, 0.717) is 0 Å². The second kappa shape index (κ2) is 11.9. The van der Waals surface area contributed by atoms with Gasteiger partial charge < -0.3 is 24.8 Å². The molecule has 2 N–H and O–H groups in total. The minimum atomic E-state index is -0.781. The number of amides is 1. The van der Waals surface area contributed by atoms with Crippen LogP contribution in [-0.2, 0) is 11.8 Å². The molecule has 9 heteroatoms. The molecule has 2 aromatic heterocycles. The molecule has 0 spiro atoms. The lowest BCUT2D eigenvalue weighted by Crippen LogP contribution is -2.35. The van der Waals surface area contributed by atoms with Gasteiger partial charge in [-0.2, -0.15) is 4.98 Å². The number of nitrogens with zero attached hydrogens (tertiary/aromatic N) is 4. The molecular formula is C27H38N6O3. The second-order valence-corrected chi connectivity index (χ2v) is 9.02. The Morgan fingerprint density at radius 3 is 2.56 bits per heavy atom. The molecule has 1 aliphatic heterocycles. The number of likely N-dealkylation sites (N-methyl/N-ethyl adjacent to an activating group) is 1. The average Bonchev–Trinajstić information content (AvgIpc) is 2.89. The van der Waals surface area contributed by atoms with E-state index in [1.54, 1.807) is 20.0 Å². The maximum atomic E-state index is 12.7. The zero-order valence-electron chi connectivity index (χ0n) is 22.4. The Bertz CT molecular complexity index is 1260. The van der Waals surface area contributed by atoms with E-state index in [0.717, 1.165) is 65.8 Å². The number of fused-ring (bicyclic) bond motifs is 1. The number of hydrogen-bond acceptors (Lipinski definition) is 7. The molecule has 1 aromatic carbocycles. The molecule has 0 bridgehead atoms. The van der Waals surface area contributed by atoms with E-state index >= 15 is 0 Å². The van der Waals surface area contributed by atoms with Gasteiger partial charge in [0.25, 0.3) is 11.5 Å². The number of aryl methyl sites for hydroxylation is 2. The number of nitrogens with one attached hydrogen (secondary N) is 2. The first kappa shape index (κ1) is 27.0. The minimum absolute atomic E-state index is 0.128. The molecule has 3 heterocycles. The Labute approximate surface area is 212 Å². The van der Waals surface area contributed by atoms with E-state index in [9.17, 15) is 9.59 Å². The lowest BCUT2D eigenvalue weighted by molar-refractivity contribution is -0.126. The van der Waals surface area contributed by atoms with Gasteiger partial charge in [-0.15, -0.1) is 0 Å². The molecule has 1 fully saturated rings. The summed E-state index contributed by atoms with van der Waals surface area (Å²) in [5, 5.41) is 6.74. The Morgan fingerprint density at radius 2 is 1.89 bits per heavy atom. The SMILES string of the molecule is CC.CNC(=O)C(C)Oc1cc2cc(Nc3nc(N4CCC(C)CC4)ncc3C)ccc2n(C)c1=O. The predicted molar refractivity (Wildman–Crippen MR) is 145 cm³/mol. The Morgan fingerprint density at radius 1 is 1.19 bits per heavy atom. The highest BCUT2D eigenvalue weighted by atomic mass is 16.5. The number of pyridine rings is 1. The fraction of sp³-hybridized carbons (Fsp3) is 0.481. The highest BCUT2D eigenvalue weighted by Crippen LogP contribution is 2.27. The van der Waals surface area contributed by atoms with Crippen molar-refractivity contribution in [1.29, 1.82) is 0 Å². The van der Waals surface area contributed by atoms with Crippen molar-refractivity contribution in [3.05, 3.63) is 46.4 Å². The van der Waals surface area contributed by atoms with E-state index < -0.39 is 6.10 Å². The van der Waals surface area contributed by atoms with Gasteiger partial charge in [-0.3, -0.25) is 9.59 Å². The molecule has 4 rings (SSSR count). The number of aromatic nitrogens is 3. The number of rotatable bonds is 6. The van der Waals surface area contributed by atoms with Crippen LogP contribution in [0.25, 0.3) is 10.9 Å². The van der Waals surface area contributed by atoms with Crippen LogP contribution in [-0.4, -0.2) is 46.7 Å². The molecule has 1 aliphatic rings. The Hall–Kier alpha value is -3.62. The van der Waals surface area contributed by atoms with E-state index in [1.165, 1.54) is 11.6 Å². The van der Waals surface area contributed by atoms with E-state index in [2.05, 4.69) is 27.4 Å². The first-order valence-corrected chi connectivity index (χ1v) is 12.6. The van der Waals surface area contributed by atoms with E-state index in [1.807, 2.05) is 45.2 Å². The summed E-state index contributed by atoms with van der Waals surface area (Å²) in [4.78, 5) is 36.2. The normalized spacial score (nSPS) is 14.6. The summed E-state index contributed by atoms with van der Waals surface area (Å²) in [5.74, 6) is 2.06. The van der Waals surface area contributed by atoms with Crippen LogP contribution in [0.5, 0.6) is 5.75 Å². The van der Waals surface area contributed by atoms with Gasteiger partial charge in [0.1, 0.15) is 5.82 Å². The predicted octanol–water partition coefficient (Wildman–Crippen LogP) is 4.16. The third kappa shape index (κ3) is 5.95.